The fourth-order valence-corrected chi connectivity index (χ4v) is 2.66. The van der Waals surface area contributed by atoms with Gasteiger partial charge in [-0.3, -0.25) is 9.78 Å². The zero-order chi connectivity index (χ0) is 25.4. The van der Waals surface area contributed by atoms with Crippen LogP contribution in [0.2, 0.25) is 0 Å². The second-order valence-electron chi connectivity index (χ2n) is 6.80. The number of fused-ring (bicyclic) bond motifs is 1. The van der Waals surface area contributed by atoms with Gasteiger partial charge in [-0.1, -0.05) is 6.07 Å². The van der Waals surface area contributed by atoms with Gasteiger partial charge in [-0.05, 0) is 42.8 Å². The van der Waals surface area contributed by atoms with Crippen molar-refractivity contribution in [3.8, 4) is 0 Å². The molecule has 1 saturated carbocycles. The normalized spacial score (nSPS) is 17.8. The van der Waals surface area contributed by atoms with E-state index in [1.165, 1.54) is 0 Å². The quantitative estimate of drug-likeness (QED) is 0.479. The molecule has 2 atom stereocenters. The third-order valence-corrected chi connectivity index (χ3v) is 4.24. The number of nitrogens with one attached hydrogen (secondary N) is 1. The number of nitrogens with two attached hydrogens (primary N) is 1. The number of anilines is 1. The SMILES string of the molecule is N[C@H]1CC[C@@H](C(=O)Nc2ccc3cnccc3c2)C1.O=C(O)C(F)(F)F.O=C(O)C(F)(F)F. The van der Waals surface area contributed by atoms with E-state index in [9.17, 15) is 31.1 Å². The molecule has 0 saturated heterocycles. The van der Waals surface area contributed by atoms with Gasteiger partial charge in [-0.25, -0.2) is 9.59 Å². The van der Waals surface area contributed by atoms with Gasteiger partial charge in [0.25, 0.3) is 0 Å². The van der Waals surface area contributed by atoms with Crippen LogP contribution in [0.1, 0.15) is 19.3 Å². The lowest BCUT2D eigenvalue weighted by molar-refractivity contribution is -0.193. The number of hydrogen-bond acceptors (Lipinski definition) is 5. The summed E-state index contributed by atoms with van der Waals surface area (Å²) >= 11 is 0. The van der Waals surface area contributed by atoms with Crippen LogP contribution in [0.25, 0.3) is 10.8 Å². The van der Waals surface area contributed by atoms with Crippen LogP contribution in [0.3, 0.4) is 0 Å². The van der Waals surface area contributed by atoms with Crippen molar-refractivity contribution >= 4 is 34.3 Å². The van der Waals surface area contributed by atoms with Gasteiger partial charge >= 0.3 is 24.3 Å². The third kappa shape index (κ3) is 9.72. The number of alkyl halides is 6. The fourth-order valence-electron chi connectivity index (χ4n) is 2.66. The third-order valence-electron chi connectivity index (χ3n) is 4.24. The molecule has 3 rings (SSSR count). The molecule has 1 aromatic carbocycles. The predicted octanol–water partition coefficient (Wildman–Crippen LogP) is 3.57. The second-order valence-corrected chi connectivity index (χ2v) is 6.80. The highest BCUT2D eigenvalue weighted by Gasteiger charge is 2.38. The Balaban J connectivity index is 0.000000324. The summed E-state index contributed by atoms with van der Waals surface area (Å²) in [6, 6.07) is 7.98. The molecule has 5 N–H and O–H groups in total. The summed E-state index contributed by atoms with van der Waals surface area (Å²) in [5, 5.41) is 19.4. The van der Waals surface area contributed by atoms with Gasteiger partial charge in [-0.15, -0.1) is 0 Å². The largest absolute Gasteiger partial charge is 0.490 e. The first-order chi connectivity index (χ1) is 15.1. The van der Waals surface area contributed by atoms with Gasteiger partial charge in [0.1, 0.15) is 0 Å². The molecule has 8 nitrogen and oxygen atoms in total. The Morgan fingerprint density at radius 2 is 1.48 bits per heavy atom. The number of aromatic nitrogens is 1. The van der Waals surface area contributed by atoms with E-state index in [-0.39, 0.29) is 17.9 Å². The van der Waals surface area contributed by atoms with Crippen molar-refractivity contribution < 1.29 is 50.9 Å². The van der Waals surface area contributed by atoms with Gasteiger partial charge in [0.2, 0.25) is 5.91 Å². The molecule has 33 heavy (non-hydrogen) atoms. The Morgan fingerprint density at radius 3 is 1.94 bits per heavy atom. The number of pyridine rings is 1. The number of hydrogen-bond donors (Lipinski definition) is 4. The van der Waals surface area contributed by atoms with Crippen LogP contribution in [-0.4, -0.2) is 51.4 Å². The number of carboxylic acids is 2. The topological polar surface area (TPSA) is 143 Å². The highest BCUT2D eigenvalue weighted by molar-refractivity contribution is 5.95. The second kappa shape index (κ2) is 11.4. The Morgan fingerprint density at radius 1 is 0.939 bits per heavy atom. The summed E-state index contributed by atoms with van der Waals surface area (Å²) < 4.78 is 63.5. The molecule has 1 aliphatic rings. The molecular formula is C19H19F6N3O5. The number of benzene rings is 1. The Labute approximate surface area is 182 Å². The summed E-state index contributed by atoms with van der Waals surface area (Å²) in [6.07, 6.45) is -3.96. The van der Waals surface area contributed by atoms with E-state index in [4.69, 9.17) is 25.5 Å². The number of nitrogens with zero attached hydrogens (tertiary/aromatic N) is 1. The molecule has 0 spiro atoms. The Hall–Kier alpha value is -3.42. The molecule has 2 aromatic rings. The number of aliphatic carboxylic acids is 2. The van der Waals surface area contributed by atoms with E-state index < -0.39 is 24.3 Å². The molecule has 1 heterocycles. The molecule has 1 aromatic heterocycles. The molecule has 1 fully saturated rings. The van der Waals surface area contributed by atoms with Crippen molar-refractivity contribution in [3.63, 3.8) is 0 Å². The van der Waals surface area contributed by atoms with Crippen molar-refractivity contribution in [2.75, 3.05) is 5.32 Å². The molecular weight excluding hydrogens is 464 g/mol. The first-order valence-electron chi connectivity index (χ1n) is 9.11. The minimum absolute atomic E-state index is 0.0585. The summed E-state index contributed by atoms with van der Waals surface area (Å²) in [6.45, 7) is 0. The maximum absolute atomic E-state index is 12.1. The van der Waals surface area contributed by atoms with Gasteiger partial charge in [-0.2, -0.15) is 26.3 Å². The molecule has 0 bridgehead atoms. The summed E-state index contributed by atoms with van der Waals surface area (Å²) in [4.78, 5) is 34.0. The van der Waals surface area contributed by atoms with Crippen molar-refractivity contribution in [1.29, 1.82) is 0 Å². The highest BCUT2D eigenvalue weighted by Crippen LogP contribution is 2.26. The predicted molar refractivity (Wildman–Crippen MR) is 103 cm³/mol. The molecule has 1 amide bonds. The van der Waals surface area contributed by atoms with E-state index >= 15 is 0 Å². The average molecular weight is 483 g/mol. The molecule has 182 valence electrons. The van der Waals surface area contributed by atoms with Crippen molar-refractivity contribution in [2.24, 2.45) is 11.7 Å². The van der Waals surface area contributed by atoms with E-state index in [0.29, 0.717) is 0 Å². The van der Waals surface area contributed by atoms with Crippen molar-refractivity contribution in [1.82, 2.24) is 4.98 Å². The Kier molecular flexibility index (Phi) is 9.58. The van der Waals surface area contributed by atoms with Crippen LogP contribution in [0, 0.1) is 5.92 Å². The molecule has 1 aliphatic carbocycles. The number of halogens is 6. The zero-order valence-corrected chi connectivity index (χ0v) is 16.7. The minimum Gasteiger partial charge on any atom is -0.475 e. The molecule has 14 heteroatoms. The minimum atomic E-state index is -5.08. The number of carbonyl (C=O) groups is 3. The van der Waals surface area contributed by atoms with Crippen LogP contribution < -0.4 is 11.1 Å². The molecule has 0 unspecified atom stereocenters. The van der Waals surface area contributed by atoms with Crippen LogP contribution in [-0.2, 0) is 14.4 Å². The smallest absolute Gasteiger partial charge is 0.475 e. The monoisotopic (exact) mass is 483 g/mol. The lowest BCUT2D eigenvalue weighted by Gasteiger charge is -2.11. The summed E-state index contributed by atoms with van der Waals surface area (Å²) in [5.74, 6) is -5.37. The molecule has 0 aliphatic heterocycles. The summed E-state index contributed by atoms with van der Waals surface area (Å²) in [7, 11) is 0. The highest BCUT2D eigenvalue weighted by atomic mass is 19.4. The van der Waals surface area contributed by atoms with Crippen molar-refractivity contribution in [3.05, 3.63) is 36.7 Å². The fraction of sp³-hybridized carbons (Fsp3) is 0.368. The lowest BCUT2D eigenvalue weighted by atomic mass is 10.1. The van der Waals surface area contributed by atoms with E-state index in [1.807, 2.05) is 30.5 Å². The van der Waals surface area contributed by atoms with E-state index in [1.54, 1.807) is 6.20 Å². The maximum atomic E-state index is 12.1. The van der Waals surface area contributed by atoms with E-state index in [2.05, 4.69) is 10.3 Å². The van der Waals surface area contributed by atoms with Crippen LogP contribution in [0.4, 0.5) is 32.0 Å². The first kappa shape index (κ1) is 27.6. The average Bonchev–Trinajstić information content (AvgIpc) is 3.14. The number of carboxylic acid groups (broad SMARTS) is 2. The Bertz CT molecular complexity index is 956. The lowest BCUT2D eigenvalue weighted by Crippen LogP contribution is -2.23. The number of carbonyl (C=O) groups excluding carboxylic acids is 1. The molecule has 0 radical (unpaired) electrons. The van der Waals surface area contributed by atoms with Crippen LogP contribution in [0.15, 0.2) is 36.7 Å². The van der Waals surface area contributed by atoms with Gasteiger partial charge < -0.3 is 21.3 Å². The van der Waals surface area contributed by atoms with Crippen LogP contribution >= 0.6 is 0 Å². The van der Waals surface area contributed by atoms with Gasteiger partial charge in [0, 0.05) is 35.4 Å². The first-order valence-corrected chi connectivity index (χ1v) is 9.11. The van der Waals surface area contributed by atoms with Gasteiger partial charge in [0.15, 0.2) is 0 Å². The standard InChI is InChI=1S/C15H17N3O.2C2HF3O2/c16-13-3-1-11(7-13)15(19)18-14-4-2-12-9-17-6-5-10(12)8-14;2*3-2(4,5)1(6)7/h2,4-6,8-9,11,13H,1,3,7,16H2,(H,18,19);2*(H,6,7)/t11-,13+;;/m1../s1. The van der Waals surface area contributed by atoms with Crippen LogP contribution in [0.5, 0.6) is 0 Å². The number of amides is 1. The van der Waals surface area contributed by atoms with Gasteiger partial charge in [0.05, 0.1) is 0 Å². The maximum Gasteiger partial charge on any atom is 0.490 e. The number of rotatable bonds is 2. The van der Waals surface area contributed by atoms with Crippen molar-refractivity contribution in [2.45, 2.75) is 37.7 Å². The summed E-state index contributed by atoms with van der Waals surface area (Å²) in [5.41, 5.74) is 6.68. The zero-order valence-electron chi connectivity index (χ0n) is 16.7. The van der Waals surface area contributed by atoms with E-state index in [0.717, 1.165) is 35.7 Å².